The van der Waals surface area contributed by atoms with Crippen molar-refractivity contribution in [2.24, 2.45) is 0 Å². The molecule has 0 radical (unpaired) electrons. The fourth-order valence-electron chi connectivity index (χ4n) is 3.77. The predicted molar refractivity (Wildman–Crippen MR) is 123 cm³/mol. The molecule has 158 valence electrons. The summed E-state index contributed by atoms with van der Waals surface area (Å²) in [6, 6.07) is 26.6. The molecule has 0 fully saturated rings. The van der Waals surface area contributed by atoms with E-state index in [1.54, 1.807) is 0 Å². The molecule has 0 unspecified atom stereocenters. The van der Waals surface area contributed by atoms with Gasteiger partial charge in [-0.2, -0.15) is 0 Å². The van der Waals surface area contributed by atoms with Crippen molar-refractivity contribution in [3.05, 3.63) is 102 Å². The molecule has 0 amide bonds. The number of benzene rings is 3. The molecule has 1 aromatic heterocycles. The molecule has 0 N–H and O–H groups in total. The number of carbonyl (C=O) groups is 1. The van der Waals surface area contributed by atoms with Crippen molar-refractivity contribution in [1.82, 2.24) is 4.57 Å². The first-order valence-corrected chi connectivity index (χ1v) is 10.7. The number of esters is 1. The van der Waals surface area contributed by atoms with Crippen LogP contribution in [0, 0.1) is 0 Å². The highest BCUT2D eigenvalue weighted by Gasteiger charge is 2.14. The van der Waals surface area contributed by atoms with E-state index in [0.29, 0.717) is 13.2 Å². The Balaban J connectivity index is 1.58. The standard InChI is InChI=1S/C27H27NO3/c1-2-30-27(29)17-23-19-28(16-15-21-9-5-3-6-10-21)26-14-13-24(18-25(23)26)31-20-22-11-7-4-8-12-22/h3-14,18-19H,2,15-17,20H2,1H3. The highest BCUT2D eigenvalue weighted by molar-refractivity contribution is 5.89. The number of aryl methyl sites for hydroxylation is 2. The summed E-state index contributed by atoms with van der Waals surface area (Å²) in [5, 5.41) is 1.03. The van der Waals surface area contributed by atoms with Crippen LogP contribution in [0.25, 0.3) is 10.9 Å². The summed E-state index contributed by atoms with van der Waals surface area (Å²) in [5.41, 5.74) is 4.47. The molecule has 0 aliphatic rings. The molecule has 1 heterocycles. The van der Waals surface area contributed by atoms with Crippen molar-refractivity contribution in [2.45, 2.75) is 32.9 Å². The second-order valence-electron chi connectivity index (χ2n) is 7.52. The minimum atomic E-state index is -0.208. The lowest BCUT2D eigenvalue weighted by Crippen LogP contribution is -2.07. The maximum absolute atomic E-state index is 12.2. The van der Waals surface area contributed by atoms with Crippen LogP contribution < -0.4 is 4.74 Å². The zero-order valence-corrected chi connectivity index (χ0v) is 17.8. The largest absolute Gasteiger partial charge is 0.489 e. The Morgan fingerprint density at radius 3 is 2.32 bits per heavy atom. The van der Waals surface area contributed by atoms with Gasteiger partial charge in [-0.1, -0.05) is 60.7 Å². The second kappa shape index (κ2) is 9.98. The van der Waals surface area contributed by atoms with Gasteiger partial charge in [0.1, 0.15) is 12.4 Å². The molecule has 0 saturated heterocycles. The number of carbonyl (C=O) groups excluding carboxylic acids is 1. The van der Waals surface area contributed by atoms with E-state index >= 15 is 0 Å². The SMILES string of the molecule is CCOC(=O)Cc1cn(CCc2ccccc2)c2ccc(OCc3ccccc3)cc12. The van der Waals surface area contributed by atoms with Crippen LogP contribution in [-0.4, -0.2) is 17.1 Å². The van der Waals surface area contributed by atoms with Gasteiger partial charge < -0.3 is 14.0 Å². The first-order valence-electron chi connectivity index (χ1n) is 10.7. The summed E-state index contributed by atoms with van der Waals surface area (Å²) in [6.45, 7) is 3.56. The Kier molecular flexibility index (Phi) is 6.68. The lowest BCUT2D eigenvalue weighted by Gasteiger charge is -2.09. The van der Waals surface area contributed by atoms with Crippen LogP contribution in [0.1, 0.15) is 23.6 Å². The average Bonchev–Trinajstić information content (AvgIpc) is 3.14. The third-order valence-electron chi connectivity index (χ3n) is 5.31. The summed E-state index contributed by atoms with van der Waals surface area (Å²) >= 11 is 0. The lowest BCUT2D eigenvalue weighted by molar-refractivity contribution is -0.142. The van der Waals surface area contributed by atoms with Crippen molar-refractivity contribution in [1.29, 1.82) is 0 Å². The first kappa shape index (κ1) is 20.7. The van der Waals surface area contributed by atoms with Gasteiger partial charge >= 0.3 is 5.97 Å². The Labute approximate surface area is 183 Å². The number of rotatable bonds is 9. The first-order chi connectivity index (χ1) is 15.2. The third-order valence-corrected chi connectivity index (χ3v) is 5.31. The molecular formula is C27H27NO3. The minimum absolute atomic E-state index is 0.208. The number of hydrogen-bond acceptors (Lipinski definition) is 3. The van der Waals surface area contributed by atoms with Crippen LogP contribution in [0.3, 0.4) is 0 Å². The molecule has 0 bridgehead atoms. The molecule has 4 nitrogen and oxygen atoms in total. The Bertz CT molecular complexity index is 1130. The van der Waals surface area contributed by atoms with Gasteiger partial charge in [-0.05, 0) is 48.2 Å². The second-order valence-corrected chi connectivity index (χ2v) is 7.52. The molecule has 4 rings (SSSR count). The molecule has 31 heavy (non-hydrogen) atoms. The average molecular weight is 414 g/mol. The van der Waals surface area contributed by atoms with Gasteiger partial charge in [0.15, 0.2) is 0 Å². The molecule has 4 aromatic rings. The summed E-state index contributed by atoms with van der Waals surface area (Å²) in [5.74, 6) is 0.586. The van der Waals surface area contributed by atoms with Crippen LogP contribution in [-0.2, 0) is 35.5 Å². The van der Waals surface area contributed by atoms with E-state index in [0.717, 1.165) is 40.7 Å². The summed E-state index contributed by atoms with van der Waals surface area (Å²) in [4.78, 5) is 12.2. The predicted octanol–water partition coefficient (Wildman–Crippen LogP) is 5.57. The van der Waals surface area contributed by atoms with Gasteiger partial charge in [-0.3, -0.25) is 4.79 Å². The summed E-state index contributed by atoms with van der Waals surface area (Å²) < 4.78 is 13.4. The molecule has 4 heteroatoms. The molecule has 0 spiro atoms. The Hall–Kier alpha value is -3.53. The zero-order chi connectivity index (χ0) is 21.5. The molecule has 0 saturated carbocycles. The maximum Gasteiger partial charge on any atom is 0.310 e. The van der Waals surface area contributed by atoms with Crippen LogP contribution in [0.15, 0.2) is 85.1 Å². The van der Waals surface area contributed by atoms with Crippen molar-refractivity contribution in [3.63, 3.8) is 0 Å². The van der Waals surface area contributed by atoms with Crippen LogP contribution in [0.2, 0.25) is 0 Å². The van der Waals surface area contributed by atoms with Gasteiger partial charge in [0.25, 0.3) is 0 Å². The van der Waals surface area contributed by atoms with Crippen molar-refractivity contribution in [3.8, 4) is 5.75 Å². The fraction of sp³-hybridized carbons (Fsp3) is 0.222. The number of hydrogen-bond donors (Lipinski definition) is 0. The number of fused-ring (bicyclic) bond motifs is 1. The van der Waals surface area contributed by atoms with Crippen LogP contribution >= 0.6 is 0 Å². The van der Waals surface area contributed by atoms with E-state index in [-0.39, 0.29) is 12.4 Å². The molecule has 0 aliphatic heterocycles. The van der Waals surface area contributed by atoms with E-state index in [2.05, 4.69) is 41.1 Å². The van der Waals surface area contributed by atoms with E-state index in [9.17, 15) is 4.79 Å². The van der Waals surface area contributed by atoms with Crippen molar-refractivity contribution in [2.75, 3.05) is 6.61 Å². The van der Waals surface area contributed by atoms with Gasteiger partial charge in [-0.15, -0.1) is 0 Å². The van der Waals surface area contributed by atoms with Crippen molar-refractivity contribution < 1.29 is 14.3 Å². The number of ether oxygens (including phenoxy) is 2. The highest BCUT2D eigenvalue weighted by Crippen LogP contribution is 2.28. The van der Waals surface area contributed by atoms with E-state index in [4.69, 9.17) is 9.47 Å². The Morgan fingerprint density at radius 2 is 1.61 bits per heavy atom. The van der Waals surface area contributed by atoms with E-state index in [1.807, 2.05) is 55.5 Å². The normalized spacial score (nSPS) is 10.9. The third kappa shape index (κ3) is 5.34. The number of aromatic nitrogens is 1. The zero-order valence-electron chi connectivity index (χ0n) is 17.8. The lowest BCUT2D eigenvalue weighted by atomic mass is 10.1. The van der Waals surface area contributed by atoms with Gasteiger partial charge in [0, 0.05) is 23.6 Å². The van der Waals surface area contributed by atoms with Gasteiger partial charge in [0.2, 0.25) is 0 Å². The van der Waals surface area contributed by atoms with E-state index < -0.39 is 0 Å². The highest BCUT2D eigenvalue weighted by atomic mass is 16.5. The smallest absolute Gasteiger partial charge is 0.310 e. The topological polar surface area (TPSA) is 40.5 Å². The molecule has 0 aliphatic carbocycles. The number of nitrogens with zero attached hydrogens (tertiary/aromatic N) is 1. The van der Waals surface area contributed by atoms with Gasteiger partial charge in [0.05, 0.1) is 13.0 Å². The maximum atomic E-state index is 12.2. The van der Waals surface area contributed by atoms with Crippen LogP contribution in [0.4, 0.5) is 0 Å². The van der Waals surface area contributed by atoms with E-state index in [1.165, 1.54) is 5.56 Å². The minimum Gasteiger partial charge on any atom is -0.489 e. The molecule has 0 atom stereocenters. The quantitative estimate of drug-likeness (QED) is 0.337. The summed E-state index contributed by atoms with van der Waals surface area (Å²) in [7, 11) is 0. The van der Waals surface area contributed by atoms with Crippen LogP contribution in [0.5, 0.6) is 5.75 Å². The molecular weight excluding hydrogens is 386 g/mol. The summed E-state index contributed by atoms with van der Waals surface area (Å²) in [6.07, 6.45) is 3.26. The van der Waals surface area contributed by atoms with Crippen molar-refractivity contribution >= 4 is 16.9 Å². The molecule has 3 aromatic carbocycles. The monoisotopic (exact) mass is 413 g/mol. The van der Waals surface area contributed by atoms with Gasteiger partial charge in [-0.25, -0.2) is 0 Å². The fourth-order valence-corrected chi connectivity index (χ4v) is 3.77. The Morgan fingerprint density at radius 1 is 0.903 bits per heavy atom.